The third-order valence-corrected chi connectivity index (χ3v) is 4.42. The molecule has 0 bridgehead atoms. The Kier molecular flexibility index (Phi) is 9.00. The average Bonchev–Trinajstić information content (AvgIpc) is 2.65. The molecule has 0 heterocycles. The highest BCUT2D eigenvalue weighted by molar-refractivity contribution is 5.73. The summed E-state index contributed by atoms with van der Waals surface area (Å²) in [4.78, 5) is 23.0. The summed E-state index contributed by atoms with van der Waals surface area (Å²) in [6.07, 6.45) is 4.71. The summed E-state index contributed by atoms with van der Waals surface area (Å²) in [6.45, 7) is 7.16. The first-order valence-electron chi connectivity index (χ1n) is 9.23. The fourth-order valence-electron chi connectivity index (χ4n) is 3.17. The maximum Gasteiger partial charge on any atom is 0.309 e. The molecule has 0 fully saturated rings. The van der Waals surface area contributed by atoms with Crippen molar-refractivity contribution < 1.29 is 19.1 Å². The zero-order chi connectivity index (χ0) is 21.2. The van der Waals surface area contributed by atoms with E-state index in [9.17, 15) is 20.1 Å². The van der Waals surface area contributed by atoms with Gasteiger partial charge in [-0.25, -0.2) is 0 Å². The molecular weight excluding hydrogens is 356 g/mol. The van der Waals surface area contributed by atoms with Crippen LogP contribution in [0.4, 0.5) is 0 Å². The Bertz CT molecular complexity index is 781. The quantitative estimate of drug-likeness (QED) is 0.396. The fourth-order valence-corrected chi connectivity index (χ4v) is 3.17. The van der Waals surface area contributed by atoms with Crippen LogP contribution in [0.5, 0.6) is 0 Å². The van der Waals surface area contributed by atoms with E-state index in [4.69, 9.17) is 9.47 Å². The molecule has 0 aromatic carbocycles. The van der Waals surface area contributed by atoms with Gasteiger partial charge in [0.1, 0.15) is 0 Å². The van der Waals surface area contributed by atoms with Crippen molar-refractivity contribution in [3.63, 3.8) is 0 Å². The molecule has 0 aromatic rings. The summed E-state index contributed by atoms with van der Waals surface area (Å²) in [5.74, 6) is 4.24. The lowest BCUT2D eigenvalue weighted by molar-refractivity contribution is -0.148. The Hall–Kier alpha value is -3.04. The Morgan fingerprint density at radius 3 is 2.43 bits per heavy atom. The van der Waals surface area contributed by atoms with Gasteiger partial charge < -0.3 is 9.47 Å². The van der Waals surface area contributed by atoms with E-state index in [1.165, 1.54) is 6.92 Å². The maximum atomic E-state index is 12.2. The summed E-state index contributed by atoms with van der Waals surface area (Å²) in [6, 6.07) is 4.24. The molecule has 0 aliphatic heterocycles. The second-order valence-corrected chi connectivity index (χ2v) is 6.87. The Morgan fingerprint density at radius 1 is 1.21 bits per heavy atom. The van der Waals surface area contributed by atoms with Crippen molar-refractivity contribution in [2.75, 3.05) is 13.2 Å². The molecule has 28 heavy (non-hydrogen) atoms. The van der Waals surface area contributed by atoms with Gasteiger partial charge in [-0.3, -0.25) is 9.59 Å². The van der Waals surface area contributed by atoms with Crippen LogP contribution in [0, 0.1) is 51.8 Å². The van der Waals surface area contributed by atoms with Crippen LogP contribution in [0.15, 0.2) is 23.3 Å². The van der Waals surface area contributed by atoms with E-state index in [0.717, 1.165) is 5.57 Å². The summed E-state index contributed by atoms with van der Waals surface area (Å²) < 4.78 is 9.89. The molecule has 1 aliphatic rings. The first-order valence-corrected chi connectivity index (χ1v) is 9.23. The highest BCUT2D eigenvalue weighted by Crippen LogP contribution is 2.43. The number of nitriles is 2. The van der Waals surface area contributed by atoms with Gasteiger partial charge in [-0.2, -0.15) is 10.5 Å². The highest BCUT2D eigenvalue weighted by Gasteiger charge is 2.41. The van der Waals surface area contributed by atoms with Gasteiger partial charge in [0, 0.05) is 19.3 Å². The van der Waals surface area contributed by atoms with E-state index in [1.54, 1.807) is 6.92 Å². The van der Waals surface area contributed by atoms with E-state index >= 15 is 0 Å². The number of rotatable bonds is 6. The van der Waals surface area contributed by atoms with E-state index in [0.29, 0.717) is 25.0 Å². The third-order valence-electron chi connectivity index (χ3n) is 4.42. The van der Waals surface area contributed by atoms with Crippen molar-refractivity contribution >= 4 is 11.9 Å². The van der Waals surface area contributed by atoms with Crippen LogP contribution in [-0.4, -0.2) is 25.2 Å². The predicted molar refractivity (Wildman–Crippen MR) is 103 cm³/mol. The van der Waals surface area contributed by atoms with Gasteiger partial charge in [-0.05, 0) is 39.2 Å². The topological polar surface area (TPSA) is 100 Å². The molecule has 2 atom stereocenters. The lowest BCUT2D eigenvalue weighted by Crippen LogP contribution is -2.31. The molecule has 0 radical (unpaired) electrons. The van der Waals surface area contributed by atoms with Crippen LogP contribution in [-0.2, 0) is 19.1 Å². The number of nitrogens with zero attached hydrogens (tertiary/aromatic N) is 2. The predicted octanol–water partition coefficient (Wildman–Crippen LogP) is 3.46. The molecule has 6 nitrogen and oxygen atoms in total. The molecule has 1 aliphatic carbocycles. The zero-order valence-corrected chi connectivity index (χ0v) is 16.9. The van der Waals surface area contributed by atoms with Gasteiger partial charge >= 0.3 is 11.9 Å². The normalized spacial score (nSPS) is 18.3. The first kappa shape index (κ1) is 23.0. The lowest BCUT2D eigenvalue weighted by atomic mass is 9.68. The molecular formula is C22H26N2O4. The Morgan fingerprint density at radius 2 is 1.89 bits per heavy atom. The third kappa shape index (κ3) is 6.29. The summed E-state index contributed by atoms with van der Waals surface area (Å²) >= 11 is 0. The van der Waals surface area contributed by atoms with Crippen molar-refractivity contribution in [3.05, 3.63) is 23.3 Å². The minimum atomic E-state index is -1.42. The molecule has 0 spiro atoms. The van der Waals surface area contributed by atoms with Crippen LogP contribution in [0.2, 0.25) is 0 Å². The largest absolute Gasteiger partial charge is 0.466 e. The number of allylic oxidation sites excluding steroid dienone is 4. The number of carbonyl (C=O) groups is 2. The number of ether oxygens (including phenoxy) is 2. The van der Waals surface area contributed by atoms with Crippen molar-refractivity contribution in [2.24, 2.45) is 17.3 Å². The number of esters is 2. The molecule has 6 heteroatoms. The van der Waals surface area contributed by atoms with Crippen molar-refractivity contribution in [2.45, 2.75) is 47.0 Å². The molecule has 1 rings (SSSR count). The molecule has 0 saturated heterocycles. The van der Waals surface area contributed by atoms with Gasteiger partial charge in [-0.15, -0.1) is 0 Å². The van der Waals surface area contributed by atoms with Gasteiger partial charge in [-0.1, -0.05) is 29.6 Å². The van der Waals surface area contributed by atoms with Gasteiger partial charge in [0.2, 0.25) is 0 Å². The van der Waals surface area contributed by atoms with Gasteiger partial charge in [0.25, 0.3) is 0 Å². The van der Waals surface area contributed by atoms with E-state index < -0.39 is 11.4 Å². The molecule has 0 saturated carbocycles. The number of hydrogen-bond acceptors (Lipinski definition) is 6. The smallest absolute Gasteiger partial charge is 0.309 e. The van der Waals surface area contributed by atoms with Crippen LogP contribution < -0.4 is 0 Å². The monoisotopic (exact) mass is 382 g/mol. The fraction of sp³-hybridized carbons (Fsp3) is 0.545. The SMILES string of the molecule is CCOC(=O)[C@H]1CC=C(C(C#N)(C#N)CC#CCOC(C)=O)[C@H](C=C(C)C)C1. The second kappa shape index (κ2) is 11.0. The Labute approximate surface area is 166 Å². The standard InChI is InChI=1S/C22H26N2O4/c1-5-27-21(26)18-8-9-20(19(13-18)12-16(2)3)22(14-23,15-24)10-6-7-11-28-17(4)25/h9,12,18-19H,5,8,10-11,13H2,1-4H3/t18-,19+/m0/s1. The zero-order valence-electron chi connectivity index (χ0n) is 16.9. The first-order chi connectivity index (χ1) is 13.3. The van der Waals surface area contributed by atoms with Crippen molar-refractivity contribution in [3.8, 4) is 24.0 Å². The van der Waals surface area contributed by atoms with Crippen molar-refractivity contribution in [1.29, 1.82) is 10.5 Å². The van der Waals surface area contributed by atoms with Crippen molar-refractivity contribution in [1.82, 2.24) is 0 Å². The van der Waals surface area contributed by atoms with E-state index in [1.807, 2.05) is 26.0 Å². The molecule has 0 unspecified atom stereocenters. The van der Waals surface area contributed by atoms with E-state index in [-0.39, 0.29) is 30.8 Å². The van der Waals surface area contributed by atoms with E-state index in [2.05, 4.69) is 24.0 Å². The van der Waals surface area contributed by atoms with Gasteiger partial charge in [0.15, 0.2) is 12.0 Å². The number of hydrogen-bond donors (Lipinski definition) is 0. The van der Waals surface area contributed by atoms with Crippen LogP contribution in [0.25, 0.3) is 0 Å². The molecule has 0 aromatic heterocycles. The Balaban J connectivity index is 3.17. The van der Waals surface area contributed by atoms with Crippen LogP contribution in [0.3, 0.4) is 0 Å². The number of carbonyl (C=O) groups excluding carboxylic acids is 2. The summed E-state index contributed by atoms with van der Waals surface area (Å²) in [5, 5.41) is 19.6. The van der Waals surface area contributed by atoms with Gasteiger partial charge in [0.05, 0.1) is 24.7 Å². The molecule has 148 valence electrons. The highest BCUT2D eigenvalue weighted by atomic mass is 16.5. The molecule has 0 N–H and O–H groups in total. The maximum absolute atomic E-state index is 12.2. The van der Waals surface area contributed by atoms with Crippen LogP contribution >= 0.6 is 0 Å². The minimum absolute atomic E-state index is 0.00424. The molecule has 0 amide bonds. The second-order valence-electron chi connectivity index (χ2n) is 6.87. The minimum Gasteiger partial charge on any atom is -0.466 e. The average molecular weight is 382 g/mol. The lowest BCUT2D eigenvalue weighted by Gasteiger charge is -2.32. The van der Waals surface area contributed by atoms with Crippen LogP contribution in [0.1, 0.15) is 47.0 Å². The summed E-state index contributed by atoms with van der Waals surface area (Å²) in [7, 11) is 0. The summed E-state index contributed by atoms with van der Waals surface area (Å²) in [5.41, 5.74) is 0.284.